The van der Waals surface area contributed by atoms with Crippen molar-refractivity contribution >= 4 is 10.0 Å². The predicted octanol–water partition coefficient (Wildman–Crippen LogP) is 0.573. The Morgan fingerprint density at radius 1 is 1.42 bits per heavy atom. The second kappa shape index (κ2) is 6.02. The second-order valence-electron chi connectivity index (χ2n) is 4.98. The van der Waals surface area contributed by atoms with E-state index in [1.165, 1.54) is 10.9 Å². The third kappa shape index (κ3) is 3.34. The van der Waals surface area contributed by atoms with Gasteiger partial charge in [0.15, 0.2) is 0 Å². The lowest BCUT2D eigenvalue weighted by Gasteiger charge is -2.31. The van der Waals surface area contributed by atoms with Gasteiger partial charge in [0.2, 0.25) is 10.0 Å². The number of sulfonamides is 1. The van der Waals surface area contributed by atoms with Crippen LogP contribution >= 0.6 is 0 Å². The highest BCUT2D eigenvalue weighted by Gasteiger charge is 2.29. The van der Waals surface area contributed by atoms with Gasteiger partial charge in [0.25, 0.3) is 0 Å². The molecule has 0 amide bonds. The first-order chi connectivity index (χ1) is 9.04. The van der Waals surface area contributed by atoms with Crippen molar-refractivity contribution in [1.29, 1.82) is 0 Å². The zero-order chi connectivity index (χ0) is 13.9. The van der Waals surface area contributed by atoms with Crippen LogP contribution < -0.4 is 5.32 Å². The molecule has 0 aliphatic carbocycles. The van der Waals surface area contributed by atoms with Crippen molar-refractivity contribution in [2.24, 2.45) is 7.05 Å². The molecule has 1 aromatic rings. The minimum Gasteiger partial charge on any atom is -0.314 e. The van der Waals surface area contributed by atoms with E-state index in [-0.39, 0.29) is 4.90 Å². The van der Waals surface area contributed by atoms with Gasteiger partial charge < -0.3 is 5.32 Å². The van der Waals surface area contributed by atoms with Gasteiger partial charge in [0, 0.05) is 32.4 Å². The van der Waals surface area contributed by atoms with Gasteiger partial charge in [0.1, 0.15) is 4.90 Å². The predicted molar refractivity (Wildman–Crippen MR) is 73.3 cm³/mol. The summed E-state index contributed by atoms with van der Waals surface area (Å²) >= 11 is 0. The molecule has 1 N–H and O–H groups in total. The van der Waals surface area contributed by atoms with E-state index in [1.54, 1.807) is 17.5 Å². The molecule has 1 aromatic heterocycles. The number of aryl methyl sites for hydroxylation is 1. The van der Waals surface area contributed by atoms with Crippen molar-refractivity contribution in [1.82, 2.24) is 19.4 Å². The lowest BCUT2D eigenvalue weighted by Crippen LogP contribution is -2.44. The molecule has 2 heterocycles. The minimum absolute atomic E-state index is 0.287. The molecule has 7 heteroatoms. The Morgan fingerprint density at radius 3 is 2.63 bits per heavy atom. The zero-order valence-corrected chi connectivity index (χ0v) is 12.4. The summed E-state index contributed by atoms with van der Waals surface area (Å²) in [5.74, 6) is 0. The van der Waals surface area contributed by atoms with Gasteiger partial charge in [-0.25, -0.2) is 8.42 Å². The third-order valence-electron chi connectivity index (χ3n) is 3.46. The van der Waals surface area contributed by atoms with Crippen LogP contribution in [-0.4, -0.2) is 48.2 Å². The first-order valence-electron chi connectivity index (χ1n) is 6.76. The Bertz CT molecular complexity index is 504. The highest BCUT2D eigenvalue weighted by Crippen LogP contribution is 2.20. The SMILES string of the molecule is CCCNC1CCN(S(=O)(=O)c2cnn(C)c2)CC1. The maximum Gasteiger partial charge on any atom is 0.246 e. The largest absolute Gasteiger partial charge is 0.314 e. The van der Waals surface area contributed by atoms with E-state index < -0.39 is 10.0 Å². The molecular weight excluding hydrogens is 264 g/mol. The molecule has 0 radical (unpaired) electrons. The highest BCUT2D eigenvalue weighted by atomic mass is 32.2. The van der Waals surface area contributed by atoms with E-state index in [1.807, 2.05) is 0 Å². The summed E-state index contributed by atoms with van der Waals surface area (Å²) in [5.41, 5.74) is 0. The molecule has 0 atom stereocenters. The minimum atomic E-state index is -3.36. The Kier molecular flexibility index (Phi) is 4.59. The standard InChI is InChI=1S/C12H22N4O2S/c1-3-6-13-11-4-7-16(8-5-11)19(17,18)12-9-14-15(2)10-12/h9-11,13H,3-8H2,1-2H3. The maximum atomic E-state index is 12.4. The lowest BCUT2D eigenvalue weighted by atomic mass is 10.1. The van der Waals surface area contributed by atoms with Crippen LogP contribution in [0.1, 0.15) is 26.2 Å². The van der Waals surface area contributed by atoms with Gasteiger partial charge in [0.05, 0.1) is 6.20 Å². The van der Waals surface area contributed by atoms with Gasteiger partial charge >= 0.3 is 0 Å². The Balaban J connectivity index is 1.97. The van der Waals surface area contributed by atoms with Crippen LogP contribution in [0.3, 0.4) is 0 Å². The molecule has 1 aliphatic rings. The molecule has 0 unspecified atom stereocenters. The Labute approximate surface area is 114 Å². The number of piperidine rings is 1. The lowest BCUT2D eigenvalue weighted by molar-refractivity contribution is 0.290. The average molecular weight is 286 g/mol. The maximum absolute atomic E-state index is 12.4. The van der Waals surface area contributed by atoms with Crippen LogP contribution in [0, 0.1) is 0 Å². The van der Waals surface area contributed by atoms with Crippen LogP contribution in [-0.2, 0) is 17.1 Å². The highest BCUT2D eigenvalue weighted by molar-refractivity contribution is 7.89. The fraction of sp³-hybridized carbons (Fsp3) is 0.750. The Hall–Kier alpha value is -0.920. The molecule has 2 rings (SSSR count). The third-order valence-corrected chi connectivity index (χ3v) is 5.31. The number of nitrogens with one attached hydrogen (secondary N) is 1. The van der Waals surface area contributed by atoms with Crippen molar-refractivity contribution in [3.05, 3.63) is 12.4 Å². The number of nitrogens with zero attached hydrogens (tertiary/aromatic N) is 3. The molecular formula is C12H22N4O2S. The summed E-state index contributed by atoms with van der Waals surface area (Å²) in [4.78, 5) is 0.287. The van der Waals surface area contributed by atoms with Gasteiger partial charge in [-0.15, -0.1) is 0 Å². The fourth-order valence-corrected chi connectivity index (χ4v) is 3.79. The first kappa shape index (κ1) is 14.5. The average Bonchev–Trinajstić information content (AvgIpc) is 2.84. The summed E-state index contributed by atoms with van der Waals surface area (Å²) in [6.45, 7) is 4.30. The molecule has 6 nitrogen and oxygen atoms in total. The monoisotopic (exact) mass is 286 g/mol. The summed E-state index contributed by atoms with van der Waals surface area (Å²) < 4.78 is 27.8. The van der Waals surface area contributed by atoms with Gasteiger partial charge in [-0.3, -0.25) is 4.68 Å². The number of rotatable bonds is 5. The van der Waals surface area contributed by atoms with Crippen molar-refractivity contribution in [2.45, 2.75) is 37.1 Å². The Morgan fingerprint density at radius 2 is 2.11 bits per heavy atom. The van der Waals surface area contributed by atoms with E-state index in [0.717, 1.165) is 25.8 Å². The van der Waals surface area contributed by atoms with E-state index in [4.69, 9.17) is 0 Å². The summed E-state index contributed by atoms with van der Waals surface area (Å²) in [7, 11) is -1.64. The fourth-order valence-electron chi connectivity index (χ4n) is 2.33. The molecule has 0 spiro atoms. The van der Waals surface area contributed by atoms with Crippen LogP contribution in [0.4, 0.5) is 0 Å². The molecule has 1 saturated heterocycles. The molecule has 0 bridgehead atoms. The van der Waals surface area contributed by atoms with Crippen LogP contribution in [0.25, 0.3) is 0 Å². The second-order valence-corrected chi connectivity index (χ2v) is 6.92. The van der Waals surface area contributed by atoms with Gasteiger partial charge in [-0.1, -0.05) is 6.92 Å². The van der Waals surface area contributed by atoms with Crippen molar-refractivity contribution in [3.63, 3.8) is 0 Å². The first-order valence-corrected chi connectivity index (χ1v) is 8.20. The normalized spacial score (nSPS) is 18.8. The number of aromatic nitrogens is 2. The molecule has 0 aromatic carbocycles. The quantitative estimate of drug-likeness (QED) is 0.859. The van der Waals surface area contributed by atoms with Crippen molar-refractivity contribution in [3.8, 4) is 0 Å². The zero-order valence-electron chi connectivity index (χ0n) is 11.5. The molecule has 0 saturated carbocycles. The van der Waals surface area contributed by atoms with E-state index in [2.05, 4.69) is 17.3 Å². The smallest absolute Gasteiger partial charge is 0.246 e. The van der Waals surface area contributed by atoms with Crippen LogP contribution in [0.15, 0.2) is 17.3 Å². The van der Waals surface area contributed by atoms with Crippen LogP contribution in [0.2, 0.25) is 0 Å². The van der Waals surface area contributed by atoms with E-state index in [0.29, 0.717) is 19.1 Å². The van der Waals surface area contributed by atoms with Gasteiger partial charge in [-0.05, 0) is 25.8 Å². The van der Waals surface area contributed by atoms with E-state index >= 15 is 0 Å². The topological polar surface area (TPSA) is 67.2 Å². The number of hydrogen-bond acceptors (Lipinski definition) is 4. The summed E-state index contributed by atoms with van der Waals surface area (Å²) in [6.07, 6.45) is 5.82. The molecule has 1 fully saturated rings. The summed E-state index contributed by atoms with van der Waals surface area (Å²) in [6, 6.07) is 0.445. The van der Waals surface area contributed by atoms with Gasteiger partial charge in [-0.2, -0.15) is 9.40 Å². The molecule has 108 valence electrons. The van der Waals surface area contributed by atoms with E-state index in [9.17, 15) is 8.42 Å². The van der Waals surface area contributed by atoms with Crippen molar-refractivity contribution < 1.29 is 8.42 Å². The molecule has 19 heavy (non-hydrogen) atoms. The number of hydrogen-bond donors (Lipinski definition) is 1. The van der Waals surface area contributed by atoms with Crippen molar-refractivity contribution in [2.75, 3.05) is 19.6 Å². The van der Waals surface area contributed by atoms with Crippen LogP contribution in [0.5, 0.6) is 0 Å². The summed E-state index contributed by atoms with van der Waals surface area (Å²) in [5, 5.41) is 7.38. The molecule has 1 aliphatic heterocycles.